The fraction of sp³-hybridized carbons (Fsp3) is 1.00. The maximum Gasteiger partial charge on any atom is 0.0474 e. The second-order valence-corrected chi connectivity index (χ2v) is 4.22. The van der Waals surface area contributed by atoms with Crippen molar-refractivity contribution >= 4 is 0 Å². The van der Waals surface area contributed by atoms with E-state index in [4.69, 9.17) is 10.2 Å². The van der Waals surface area contributed by atoms with Crippen molar-refractivity contribution in [2.45, 2.75) is 44.6 Å². The lowest BCUT2D eigenvalue weighted by atomic mass is 10.1. The first-order valence-electron chi connectivity index (χ1n) is 5.83. The second-order valence-electron chi connectivity index (χ2n) is 4.22. The summed E-state index contributed by atoms with van der Waals surface area (Å²) in [5, 5.41) is 21.2. The molecule has 3 nitrogen and oxygen atoms in total. The van der Waals surface area contributed by atoms with Crippen molar-refractivity contribution in [1.29, 1.82) is 0 Å². The summed E-state index contributed by atoms with van der Waals surface area (Å²) >= 11 is 0. The molecule has 0 radical (unpaired) electrons. The summed E-state index contributed by atoms with van der Waals surface area (Å²) in [4.78, 5) is 0. The van der Waals surface area contributed by atoms with E-state index in [-0.39, 0.29) is 0 Å². The van der Waals surface area contributed by atoms with E-state index in [2.05, 4.69) is 5.32 Å². The predicted molar refractivity (Wildman–Crippen MR) is 57.2 cm³/mol. The molecule has 1 rings (SSSR count). The first-order chi connectivity index (χ1) is 6.88. The van der Waals surface area contributed by atoms with Gasteiger partial charge in [-0.15, -0.1) is 0 Å². The van der Waals surface area contributed by atoms with Crippen molar-refractivity contribution in [1.82, 2.24) is 5.32 Å². The van der Waals surface area contributed by atoms with Gasteiger partial charge in [-0.25, -0.2) is 0 Å². The van der Waals surface area contributed by atoms with Crippen molar-refractivity contribution in [3.8, 4) is 0 Å². The molecule has 0 aromatic rings. The van der Waals surface area contributed by atoms with Crippen molar-refractivity contribution in [2.75, 3.05) is 19.8 Å². The van der Waals surface area contributed by atoms with Gasteiger partial charge in [0.15, 0.2) is 0 Å². The normalized spacial score (nSPS) is 27.0. The Hall–Kier alpha value is -0.120. The summed E-state index contributed by atoms with van der Waals surface area (Å²) in [6.07, 6.45) is 6.78. The molecule has 0 aliphatic heterocycles. The zero-order valence-corrected chi connectivity index (χ0v) is 8.91. The van der Waals surface area contributed by atoms with Gasteiger partial charge in [0.05, 0.1) is 0 Å². The van der Waals surface area contributed by atoms with Crippen molar-refractivity contribution in [2.24, 2.45) is 5.92 Å². The van der Waals surface area contributed by atoms with Gasteiger partial charge in [0.1, 0.15) is 0 Å². The number of rotatable bonds is 7. The molecule has 1 aliphatic rings. The topological polar surface area (TPSA) is 52.5 Å². The van der Waals surface area contributed by atoms with Gasteiger partial charge in [-0.05, 0) is 44.6 Å². The molecule has 0 spiro atoms. The van der Waals surface area contributed by atoms with Crippen LogP contribution in [0.5, 0.6) is 0 Å². The molecule has 0 aromatic carbocycles. The minimum absolute atomic E-state index is 0.308. The summed E-state index contributed by atoms with van der Waals surface area (Å²) in [6.45, 7) is 1.66. The number of hydrogen-bond donors (Lipinski definition) is 3. The Morgan fingerprint density at radius 1 is 1.07 bits per heavy atom. The van der Waals surface area contributed by atoms with Crippen LogP contribution < -0.4 is 5.32 Å². The smallest absolute Gasteiger partial charge is 0.0474 e. The molecule has 14 heavy (non-hydrogen) atoms. The Kier molecular flexibility index (Phi) is 6.15. The first-order valence-corrected chi connectivity index (χ1v) is 5.83. The molecule has 0 bridgehead atoms. The fourth-order valence-corrected chi connectivity index (χ4v) is 2.23. The van der Waals surface area contributed by atoms with Gasteiger partial charge in [-0.3, -0.25) is 0 Å². The van der Waals surface area contributed by atoms with Crippen LogP contribution in [0, 0.1) is 5.92 Å². The third kappa shape index (κ3) is 3.95. The Morgan fingerprint density at radius 2 is 1.93 bits per heavy atom. The van der Waals surface area contributed by atoms with Gasteiger partial charge in [-0.1, -0.05) is 6.42 Å². The van der Waals surface area contributed by atoms with Crippen molar-refractivity contribution < 1.29 is 10.2 Å². The Bertz CT molecular complexity index is 141. The first kappa shape index (κ1) is 12.0. The molecular weight excluding hydrogens is 178 g/mol. The highest BCUT2D eigenvalue weighted by Crippen LogP contribution is 2.24. The van der Waals surface area contributed by atoms with E-state index < -0.39 is 0 Å². The van der Waals surface area contributed by atoms with Crippen LogP contribution in [0.1, 0.15) is 38.5 Å². The van der Waals surface area contributed by atoms with Crippen molar-refractivity contribution in [3.63, 3.8) is 0 Å². The lowest BCUT2D eigenvalue weighted by Crippen LogP contribution is -2.34. The molecule has 0 heterocycles. The van der Waals surface area contributed by atoms with Crippen LogP contribution in [0.15, 0.2) is 0 Å². The molecule has 0 saturated heterocycles. The molecule has 84 valence electrons. The third-order valence-corrected chi connectivity index (χ3v) is 3.14. The Balaban J connectivity index is 2.00. The van der Waals surface area contributed by atoms with Crippen LogP contribution in [0.25, 0.3) is 0 Å². The van der Waals surface area contributed by atoms with Crippen molar-refractivity contribution in [3.05, 3.63) is 0 Å². The van der Waals surface area contributed by atoms with Gasteiger partial charge in [0, 0.05) is 19.3 Å². The number of nitrogens with one attached hydrogen (secondary N) is 1. The summed E-state index contributed by atoms with van der Waals surface area (Å²) in [7, 11) is 0. The number of aliphatic hydroxyl groups is 2. The highest BCUT2D eigenvalue weighted by atomic mass is 16.3. The molecular formula is C11H23NO2. The summed E-state index contributed by atoms with van der Waals surface area (Å²) in [5.41, 5.74) is 0. The minimum Gasteiger partial charge on any atom is -0.396 e. The number of hydrogen-bond acceptors (Lipinski definition) is 3. The van der Waals surface area contributed by atoms with Crippen LogP contribution in [0.3, 0.4) is 0 Å². The van der Waals surface area contributed by atoms with E-state index >= 15 is 0 Å². The van der Waals surface area contributed by atoms with E-state index in [0.29, 0.717) is 25.2 Å². The van der Waals surface area contributed by atoms with E-state index in [1.807, 2.05) is 0 Å². The molecule has 3 N–H and O–H groups in total. The number of unbranched alkanes of at least 4 members (excludes halogenated alkanes) is 2. The van der Waals surface area contributed by atoms with Gasteiger partial charge in [0.2, 0.25) is 0 Å². The third-order valence-electron chi connectivity index (χ3n) is 3.14. The lowest BCUT2D eigenvalue weighted by molar-refractivity contribution is 0.205. The zero-order valence-electron chi connectivity index (χ0n) is 8.91. The molecule has 2 atom stereocenters. The fourth-order valence-electron chi connectivity index (χ4n) is 2.23. The summed E-state index contributed by atoms with van der Waals surface area (Å²) < 4.78 is 0. The largest absolute Gasteiger partial charge is 0.396 e. The maximum absolute atomic E-state index is 9.10. The quantitative estimate of drug-likeness (QED) is 0.536. The summed E-state index contributed by atoms with van der Waals surface area (Å²) in [5.74, 6) is 0.479. The van der Waals surface area contributed by atoms with E-state index in [1.165, 1.54) is 19.3 Å². The van der Waals surface area contributed by atoms with Gasteiger partial charge in [0.25, 0.3) is 0 Å². The van der Waals surface area contributed by atoms with Gasteiger partial charge >= 0.3 is 0 Å². The molecule has 0 amide bonds. The molecule has 2 unspecified atom stereocenters. The molecule has 1 saturated carbocycles. The van der Waals surface area contributed by atoms with Crippen LogP contribution in [-0.2, 0) is 0 Å². The minimum atomic E-state index is 0.308. The Labute approximate surface area is 86.5 Å². The monoisotopic (exact) mass is 201 g/mol. The SMILES string of the molecule is OCCCCCNC1CCCC1CO. The van der Waals surface area contributed by atoms with E-state index in [1.54, 1.807) is 0 Å². The molecule has 1 aliphatic carbocycles. The van der Waals surface area contributed by atoms with Gasteiger partial charge < -0.3 is 15.5 Å². The zero-order chi connectivity index (χ0) is 10.2. The highest BCUT2D eigenvalue weighted by Gasteiger charge is 2.25. The average Bonchev–Trinajstić information content (AvgIpc) is 2.65. The highest BCUT2D eigenvalue weighted by molar-refractivity contribution is 4.82. The standard InChI is InChI=1S/C11H23NO2/c13-8-3-1-2-7-12-11-6-4-5-10(11)9-14/h10-14H,1-9H2. The maximum atomic E-state index is 9.10. The average molecular weight is 201 g/mol. The summed E-state index contributed by atoms with van der Waals surface area (Å²) in [6, 6.07) is 0.536. The molecule has 0 aromatic heterocycles. The molecule has 3 heteroatoms. The van der Waals surface area contributed by atoms with Crippen LogP contribution >= 0.6 is 0 Å². The van der Waals surface area contributed by atoms with E-state index in [9.17, 15) is 0 Å². The van der Waals surface area contributed by atoms with Gasteiger partial charge in [-0.2, -0.15) is 0 Å². The van der Waals surface area contributed by atoms with Crippen LogP contribution in [0.4, 0.5) is 0 Å². The van der Waals surface area contributed by atoms with Crippen LogP contribution in [-0.4, -0.2) is 36.0 Å². The van der Waals surface area contributed by atoms with Crippen LogP contribution in [0.2, 0.25) is 0 Å². The predicted octanol–water partition coefficient (Wildman–Crippen LogP) is 0.900. The number of aliphatic hydroxyl groups excluding tert-OH is 2. The van der Waals surface area contributed by atoms with E-state index in [0.717, 1.165) is 25.8 Å². The molecule has 1 fully saturated rings. The lowest BCUT2D eigenvalue weighted by Gasteiger charge is -2.18. The second kappa shape index (κ2) is 7.21. The Morgan fingerprint density at radius 3 is 2.64 bits per heavy atom.